The molecule has 1 aromatic rings. The van der Waals surface area contributed by atoms with Crippen LogP contribution in [0.1, 0.15) is 125 Å². The number of benzene rings is 1. The third-order valence-electron chi connectivity index (χ3n) is 5.74. The molecule has 0 nitrogen and oxygen atoms in total. The smallest absolute Gasteiger partial charge is 0.00267 e. The Morgan fingerprint density at radius 1 is 0.789 bits per heavy atom. The zero-order chi connectivity index (χ0) is 30.4. The van der Waals surface area contributed by atoms with E-state index < -0.39 is 0 Å². The molecule has 216 valence electrons. The minimum atomic E-state index is 0.856. The van der Waals surface area contributed by atoms with Crippen LogP contribution in [0.4, 0.5) is 0 Å². The highest BCUT2D eigenvalue weighted by molar-refractivity contribution is 5.43. The fourth-order valence-electron chi connectivity index (χ4n) is 3.46. The first-order chi connectivity index (χ1) is 18.2. The van der Waals surface area contributed by atoms with Gasteiger partial charge in [-0.15, -0.1) is 6.58 Å². The van der Waals surface area contributed by atoms with Crippen LogP contribution in [0.3, 0.4) is 0 Å². The Labute approximate surface area is 240 Å². The van der Waals surface area contributed by atoms with Crippen LogP contribution in [-0.4, -0.2) is 0 Å². The van der Waals surface area contributed by atoms with Gasteiger partial charge in [-0.05, 0) is 95.9 Å². The maximum atomic E-state index is 3.99. The third kappa shape index (κ3) is 23.8. The third-order valence-corrected chi connectivity index (χ3v) is 5.74. The summed E-state index contributed by atoms with van der Waals surface area (Å²) in [6.45, 7) is 37.1. The lowest BCUT2D eigenvalue weighted by Crippen LogP contribution is -2.04. The second-order valence-corrected chi connectivity index (χ2v) is 8.64. The summed E-state index contributed by atoms with van der Waals surface area (Å²) in [4.78, 5) is 0. The van der Waals surface area contributed by atoms with Crippen molar-refractivity contribution in [1.82, 2.24) is 0 Å². The Hall–Kier alpha value is -2.60. The minimum Gasteiger partial charge on any atom is -0.103 e. The van der Waals surface area contributed by atoms with Gasteiger partial charge in [0.15, 0.2) is 0 Å². The van der Waals surface area contributed by atoms with Crippen molar-refractivity contribution in [2.45, 2.75) is 121 Å². The van der Waals surface area contributed by atoms with E-state index in [-0.39, 0.29) is 0 Å². The van der Waals surface area contributed by atoms with Crippen LogP contribution in [0.15, 0.2) is 109 Å². The highest BCUT2D eigenvalue weighted by Crippen LogP contribution is 2.32. The van der Waals surface area contributed by atoms with Gasteiger partial charge >= 0.3 is 0 Å². The van der Waals surface area contributed by atoms with E-state index in [1.807, 2.05) is 87.5 Å². The highest BCUT2D eigenvalue weighted by atomic mass is 14.2. The van der Waals surface area contributed by atoms with Crippen molar-refractivity contribution in [1.29, 1.82) is 0 Å². The van der Waals surface area contributed by atoms with Crippen molar-refractivity contribution >= 4 is 0 Å². The van der Waals surface area contributed by atoms with E-state index >= 15 is 0 Å². The van der Waals surface area contributed by atoms with Gasteiger partial charge in [-0.25, -0.2) is 0 Å². The second-order valence-electron chi connectivity index (χ2n) is 8.64. The molecule has 38 heavy (non-hydrogen) atoms. The standard InChI is InChI=1S/C14H20.C13H18.C4H8.C3H6.2C2H6/c1-7-13(8-2)14(9-3)10-12(6)11(4)5;1-11-7-9-13(10-8-11)12-5-3-2-4-6-12;1-3-4-2;1-3-2;2*1-2/h7-9H,1,4,6,10H2,2-3,5H3;7-10,12H,2-6H2,1H3;3-4H,1-2H3;3H,1H2,2H3;2*1-2H3/b13-8+,14-9+;;4-3-;;;. The van der Waals surface area contributed by atoms with Gasteiger partial charge in [0.2, 0.25) is 0 Å². The van der Waals surface area contributed by atoms with Gasteiger partial charge in [0, 0.05) is 0 Å². The van der Waals surface area contributed by atoms with Crippen molar-refractivity contribution < 1.29 is 0 Å². The Morgan fingerprint density at radius 2 is 1.24 bits per heavy atom. The van der Waals surface area contributed by atoms with Crippen LogP contribution in [0, 0.1) is 6.92 Å². The fourth-order valence-corrected chi connectivity index (χ4v) is 3.46. The predicted molar refractivity (Wildman–Crippen MR) is 182 cm³/mol. The summed E-state index contributed by atoms with van der Waals surface area (Å²) >= 11 is 0. The highest BCUT2D eigenvalue weighted by Gasteiger charge is 2.14. The summed E-state index contributed by atoms with van der Waals surface area (Å²) in [5.41, 5.74) is 7.50. The van der Waals surface area contributed by atoms with Crippen molar-refractivity contribution in [2.24, 2.45) is 0 Å². The van der Waals surface area contributed by atoms with Gasteiger partial charge in [-0.1, -0.05) is 139 Å². The second kappa shape index (κ2) is 32.4. The zero-order valence-electron chi connectivity index (χ0n) is 27.4. The molecule has 0 heteroatoms. The molecule has 0 unspecified atom stereocenters. The average molecular weight is 521 g/mol. The molecule has 0 bridgehead atoms. The van der Waals surface area contributed by atoms with Gasteiger partial charge in [-0.3, -0.25) is 0 Å². The first kappa shape index (κ1) is 42.5. The number of hydrogen-bond acceptors (Lipinski definition) is 0. The van der Waals surface area contributed by atoms with Crippen LogP contribution < -0.4 is 0 Å². The Kier molecular flexibility index (Phi) is 36.3. The van der Waals surface area contributed by atoms with Crippen LogP contribution in [0.25, 0.3) is 0 Å². The normalized spacial score (nSPS) is 12.7. The molecule has 0 heterocycles. The largest absolute Gasteiger partial charge is 0.103 e. The molecule has 1 aliphatic rings. The maximum Gasteiger partial charge on any atom is -0.00267 e. The Morgan fingerprint density at radius 3 is 1.55 bits per heavy atom. The summed E-state index contributed by atoms with van der Waals surface area (Å²) in [5.74, 6) is 0.856. The Bertz CT molecular complexity index is 783. The summed E-state index contributed by atoms with van der Waals surface area (Å²) in [5, 5.41) is 0. The van der Waals surface area contributed by atoms with Gasteiger partial charge in [0.05, 0.1) is 0 Å². The lowest BCUT2D eigenvalue weighted by Gasteiger charge is -2.21. The first-order valence-corrected chi connectivity index (χ1v) is 14.7. The fraction of sp³-hybridized carbons (Fsp3) is 0.474. The minimum absolute atomic E-state index is 0.856. The molecule has 1 aliphatic carbocycles. The average Bonchev–Trinajstić information content (AvgIpc) is 2.96. The topological polar surface area (TPSA) is 0 Å². The number of rotatable bonds is 6. The summed E-state index contributed by atoms with van der Waals surface area (Å²) < 4.78 is 0. The SMILES string of the molecule is C/C=C\C.C=CC.C=CC(=C\C)/C(=C/C)CC(=C)C(=C)C.CC.CC.Cc1ccc(C2CCCCC2)cc1. The summed E-state index contributed by atoms with van der Waals surface area (Å²) in [6.07, 6.45) is 19.8. The van der Waals surface area contributed by atoms with Crippen LogP contribution in [0.5, 0.6) is 0 Å². The lowest BCUT2D eigenvalue weighted by molar-refractivity contribution is 0.443. The van der Waals surface area contributed by atoms with Crippen LogP contribution in [-0.2, 0) is 0 Å². The zero-order valence-corrected chi connectivity index (χ0v) is 27.4. The van der Waals surface area contributed by atoms with E-state index in [9.17, 15) is 0 Å². The monoisotopic (exact) mass is 521 g/mol. The first-order valence-electron chi connectivity index (χ1n) is 14.7. The van der Waals surface area contributed by atoms with Crippen molar-refractivity contribution in [3.8, 4) is 0 Å². The number of aryl methyl sites for hydroxylation is 1. The number of allylic oxidation sites excluding steroid dienone is 10. The molecule has 1 saturated carbocycles. The van der Waals surface area contributed by atoms with Crippen LogP contribution >= 0.6 is 0 Å². The van der Waals surface area contributed by atoms with E-state index in [4.69, 9.17) is 0 Å². The molecular weight excluding hydrogens is 456 g/mol. The van der Waals surface area contributed by atoms with E-state index in [0.29, 0.717) is 0 Å². The number of hydrogen-bond donors (Lipinski definition) is 0. The van der Waals surface area contributed by atoms with Crippen molar-refractivity contribution in [2.75, 3.05) is 0 Å². The molecule has 0 atom stereocenters. The van der Waals surface area contributed by atoms with E-state index in [2.05, 4.69) is 69.7 Å². The molecule has 0 aliphatic heterocycles. The predicted octanol–water partition coefficient (Wildman–Crippen LogP) is 13.5. The molecule has 0 amide bonds. The molecule has 0 spiro atoms. The van der Waals surface area contributed by atoms with Crippen LogP contribution in [0.2, 0.25) is 0 Å². The maximum absolute atomic E-state index is 3.99. The molecular formula is C38H64. The van der Waals surface area contributed by atoms with E-state index in [0.717, 1.165) is 23.5 Å². The van der Waals surface area contributed by atoms with Gasteiger partial charge in [0.1, 0.15) is 0 Å². The molecule has 2 rings (SSSR count). The quantitative estimate of drug-likeness (QED) is 0.258. The van der Waals surface area contributed by atoms with Gasteiger partial charge < -0.3 is 0 Å². The van der Waals surface area contributed by atoms with Gasteiger partial charge in [-0.2, -0.15) is 0 Å². The van der Waals surface area contributed by atoms with E-state index in [1.54, 1.807) is 11.6 Å². The van der Waals surface area contributed by atoms with E-state index in [1.165, 1.54) is 48.8 Å². The lowest BCUT2D eigenvalue weighted by atomic mass is 9.84. The van der Waals surface area contributed by atoms with Gasteiger partial charge in [0.25, 0.3) is 0 Å². The Balaban J connectivity index is -0.000000221. The molecule has 1 aromatic carbocycles. The van der Waals surface area contributed by atoms with Crippen molar-refractivity contribution in [3.05, 3.63) is 120 Å². The molecule has 0 radical (unpaired) electrons. The molecule has 1 fully saturated rings. The molecule has 0 N–H and O–H groups in total. The molecule has 0 aromatic heterocycles. The van der Waals surface area contributed by atoms with Crippen molar-refractivity contribution in [3.63, 3.8) is 0 Å². The summed E-state index contributed by atoms with van der Waals surface area (Å²) in [7, 11) is 0. The summed E-state index contributed by atoms with van der Waals surface area (Å²) in [6, 6.07) is 9.10. The molecule has 0 saturated heterocycles.